The van der Waals surface area contributed by atoms with E-state index in [1.807, 2.05) is 0 Å². The Labute approximate surface area is 111 Å². The second-order valence-electron chi connectivity index (χ2n) is 4.48. The number of aromatic amines is 1. The molecule has 6 N–H and O–H groups in total. The number of aromatic nitrogens is 4. The number of nitrogens with zero attached hydrogens (tertiary/aromatic N) is 3. The van der Waals surface area contributed by atoms with Gasteiger partial charge in [0.25, 0.3) is 0 Å². The van der Waals surface area contributed by atoms with Gasteiger partial charge in [-0.1, -0.05) is 0 Å². The number of aliphatic hydroxyl groups is 3. The number of anilines is 1. The molecular weight excluding hydrogens is 270 g/mol. The lowest BCUT2D eigenvalue weighted by molar-refractivity contribution is -0.0504. The summed E-state index contributed by atoms with van der Waals surface area (Å²) in [7, 11) is 0. The van der Waals surface area contributed by atoms with Crippen molar-refractivity contribution in [3.05, 3.63) is 16.7 Å². The van der Waals surface area contributed by atoms with Crippen molar-refractivity contribution in [2.45, 2.75) is 24.5 Å². The minimum Gasteiger partial charge on any atom is -0.394 e. The van der Waals surface area contributed by atoms with Gasteiger partial charge in [0, 0.05) is 0 Å². The largest absolute Gasteiger partial charge is 0.394 e. The number of H-pyrrole nitrogens is 1. The number of hydrogen-bond acceptors (Lipinski definition) is 8. The molecule has 0 radical (unpaired) electrons. The lowest BCUT2D eigenvalue weighted by atomic mass is 10.1. The molecule has 1 aliphatic heterocycles. The average Bonchev–Trinajstić information content (AvgIpc) is 2.99. The van der Waals surface area contributed by atoms with Crippen LogP contribution in [0.4, 0.5) is 5.95 Å². The maximum Gasteiger partial charge on any atom is 0.300 e. The molecule has 1 unspecified atom stereocenters. The third kappa shape index (κ3) is 1.70. The standard InChI is InChI=1S/C10H13N5O5/c11-10-14-8(19)4-7(13-2-12-4)15(10)9-6(18)5(17)3(1-16)20-9/h2-3,5-6,9,16-18H,1H2,(H,12,13)(H2,11,14,19)/t3-,5-,6+,9?/m1/s1. The molecule has 10 heteroatoms. The quantitative estimate of drug-likeness (QED) is 0.398. The Balaban J connectivity index is 2.16. The zero-order chi connectivity index (χ0) is 14.4. The third-order valence-electron chi connectivity index (χ3n) is 3.30. The zero-order valence-corrected chi connectivity index (χ0v) is 10.2. The number of hydrogen-bond donors (Lipinski definition) is 5. The lowest BCUT2D eigenvalue weighted by Crippen LogP contribution is -2.34. The van der Waals surface area contributed by atoms with Crippen molar-refractivity contribution in [3.63, 3.8) is 0 Å². The first-order valence-corrected chi connectivity index (χ1v) is 5.88. The molecule has 0 aromatic carbocycles. The summed E-state index contributed by atoms with van der Waals surface area (Å²) >= 11 is 0. The smallest absolute Gasteiger partial charge is 0.300 e. The van der Waals surface area contributed by atoms with Gasteiger partial charge in [0.1, 0.15) is 18.3 Å². The summed E-state index contributed by atoms with van der Waals surface area (Å²) in [5.41, 5.74) is 5.36. The molecule has 10 nitrogen and oxygen atoms in total. The molecule has 0 bridgehead atoms. The molecule has 0 spiro atoms. The van der Waals surface area contributed by atoms with Crippen LogP contribution in [0.5, 0.6) is 0 Å². The highest BCUT2D eigenvalue weighted by Crippen LogP contribution is 2.31. The van der Waals surface area contributed by atoms with Crippen molar-refractivity contribution < 1.29 is 20.1 Å². The van der Waals surface area contributed by atoms with Gasteiger partial charge in [0.05, 0.1) is 12.9 Å². The SMILES string of the molecule is Nc1nc(=O)c2[nH]cnc2n1C1O[C@H](CO)[C@@H](O)[C@@H]1O. The first kappa shape index (κ1) is 13.0. The Bertz CT molecular complexity index is 697. The van der Waals surface area contributed by atoms with Gasteiger partial charge >= 0.3 is 5.56 Å². The molecule has 2 aromatic heterocycles. The van der Waals surface area contributed by atoms with Gasteiger partial charge in [-0.2, -0.15) is 4.98 Å². The number of rotatable bonds is 2. The van der Waals surface area contributed by atoms with E-state index in [0.29, 0.717) is 0 Å². The average molecular weight is 283 g/mol. The Morgan fingerprint density at radius 1 is 1.45 bits per heavy atom. The van der Waals surface area contributed by atoms with E-state index in [1.165, 1.54) is 10.9 Å². The molecule has 3 heterocycles. The van der Waals surface area contributed by atoms with Crippen LogP contribution >= 0.6 is 0 Å². The number of ether oxygens (including phenoxy) is 1. The number of nitrogens with two attached hydrogens (primary N) is 1. The number of nitrogen functional groups attached to an aromatic ring is 1. The normalized spacial score (nSPS) is 30.1. The van der Waals surface area contributed by atoms with Crippen molar-refractivity contribution in [3.8, 4) is 0 Å². The lowest BCUT2D eigenvalue weighted by Gasteiger charge is -2.20. The summed E-state index contributed by atoms with van der Waals surface area (Å²) in [6, 6.07) is 0. The number of aliphatic hydroxyl groups excluding tert-OH is 3. The van der Waals surface area contributed by atoms with E-state index in [4.69, 9.17) is 15.6 Å². The highest BCUT2D eigenvalue weighted by molar-refractivity contribution is 5.70. The molecule has 1 aliphatic rings. The summed E-state index contributed by atoms with van der Waals surface area (Å²) in [6.45, 7) is -0.466. The third-order valence-corrected chi connectivity index (χ3v) is 3.30. The van der Waals surface area contributed by atoms with E-state index < -0.39 is 36.7 Å². The van der Waals surface area contributed by atoms with Gasteiger partial charge in [0.2, 0.25) is 5.95 Å². The van der Waals surface area contributed by atoms with Gasteiger partial charge in [-0.3, -0.25) is 9.36 Å². The second-order valence-corrected chi connectivity index (χ2v) is 4.48. The van der Waals surface area contributed by atoms with Gasteiger partial charge in [-0.05, 0) is 0 Å². The van der Waals surface area contributed by atoms with Crippen molar-refractivity contribution in [1.29, 1.82) is 0 Å². The molecular formula is C10H13N5O5. The van der Waals surface area contributed by atoms with Crippen LogP contribution in [-0.4, -0.2) is 59.8 Å². The van der Waals surface area contributed by atoms with E-state index in [2.05, 4.69) is 15.0 Å². The fourth-order valence-electron chi connectivity index (χ4n) is 2.29. The molecule has 1 fully saturated rings. The van der Waals surface area contributed by atoms with E-state index in [0.717, 1.165) is 0 Å². The van der Waals surface area contributed by atoms with Crippen molar-refractivity contribution in [2.75, 3.05) is 12.3 Å². The second kappa shape index (κ2) is 4.52. The first-order chi connectivity index (χ1) is 9.54. The summed E-state index contributed by atoms with van der Waals surface area (Å²) in [4.78, 5) is 21.8. The zero-order valence-electron chi connectivity index (χ0n) is 10.2. The van der Waals surface area contributed by atoms with Gasteiger partial charge in [-0.25, -0.2) is 4.98 Å². The number of nitrogens with one attached hydrogen (secondary N) is 1. The predicted octanol–water partition coefficient (Wildman–Crippen LogP) is -2.69. The van der Waals surface area contributed by atoms with Crippen LogP contribution in [0.1, 0.15) is 6.23 Å². The summed E-state index contributed by atoms with van der Waals surface area (Å²) in [5, 5.41) is 28.8. The van der Waals surface area contributed by atoms with Gasteiger partial charge in [-0.15, -0.1) is 0 Å². The Hall–Kier alpha value is -2.01. The van der Waals surface area contributed by atoms with Crippen LogP contribution in [0, 0.1) is 0 Å². The van der Waals surface area contributed by atoms with E-state index in [-0.39, 0.29) is 17.1 Å². The molecule has 20 heavy (non-hydrogen) atoms. The van der Waals surface area contributed by atoms with Crippen LogP contribution in [-0.2, 0) is 4.74 Å². The molecule has 0 saturated carbocycles. The van der Waals surface area contributed by atoms with E-state index in [1.54, 1.807) is 0 Å². The minimum absolute atomic E-state index is 0.108. The molecule has 0 amide bonds. The van der Waals surface area contributed by atoms with Crippen LogP contribution in [0.25, 0.3) is 11.2 Å². The summed E-state index contributed by atoms with van der Waals surface area (Å²) in [5.74, 6) is -0.204. The van der Waals surface area contributed by atoms with Gasteiger partial charge in [0.15, 0.2) is 17.4 Å². The van der Waals surface area contributed by atoms with Crippen molar-refractivity contribution in [2.24, 2.45) is 0 Å². The number of fused-ring (bicyclic) bond motifs is 1. The molecule has 108 valence electrons. The first-order valence-electron chi connectivity index (χ1n) is 5.88. The molecule has 2 aromatic rings. The maximum atomic E-state index is 11.6. The van der Waals surface area contributed by atoms with Crippen LogP contribution in [0.15, 0.2) is 11.1 Å². The summed E-state index contributed by atoms with van der Waals surface area (Å²) < 4.78 is 6.56. The molecule has 4 atom stereocenters. The van der Waals surface area contributed by atoms with Crippen LogP contribution in [0.2, 0.25) is 0 Å². The van der Waals surface area contributed by atoms with Crippen molar-refractivity contribution >= 4 is 17.1 Å². The fraction of sp³-hybridized carbons (Fsp3) is 0.500. The molecule has 1 saturated heterocycles. The van der Waals surface area contributed by atoms with Crippen LogP contribution in [0.3, 0.4) is 0 Å². The topological polar surface area (TPSA) is 160 Å². The summed E-state index contributed by atoms with van der Waals surface area (Å²) in [6.07, 6.45) is -3.38. The van der Waals surface area contributed by atoms with E-state index in [9.17, 15) is 15.0 Å². The fourth-order valence-corrected chi connectivity index (χ4v) is 2.29. The Kier molecular flexibility index (Phi) is 2.94. The molecule has 3 rings (SSSR count). The monoisotopic (exact) mass is 283 g/mol. The van der Waals surface area contributed by atoms with E-state index >= 15 is 0 Å². The maximum absolute atomic E-state index is 11.6. The predicted molar refractivity (Wildman–Crippen MR) is 65.6 cm³/mol. The van der Waals surface area contributed by atoms with Gasteiger partial charge < -0.3 is 30.8 Å². The Morgan fingerprint density at radius 2 is 2.20 bits per heavy atom. The highest BCUT2D eigenvalue weighted by atomic mass is 16.6. The Morgan fingerprint density at radius 3 is 2.85 bits per heavy atom. The van der Waals surface area contributed by atoms with Crippen LogP contribution < -0.4 is 11.3 Å². The highest BCUT2D eigenvalue weighted by Gasteiger charge is 2.44. The number of imidazole rings is 1. The minimum atomic E-state index is -1.33. The molecule has 0 aliphatic carbocycles. The van der Waals surface area contributed by atoms with Crippen molar-refractivity contribution in [1.82, 2.24) is 19.5 Å².